The van der Waals surface area contributed by atoms with E-state index in [9.17, 15) is 4.79 Å². The third-order valence-electron chi connectivity index (χ3n) is 4.88. The lowest BCUT2D eigenvalue weighted by Crippen LogP contribution is -2.56. The van der Waals surface area contributed by atoms with Crippen molar-refractivity contribution >= 4 is 39.1 Å². The Bertz CT molecular complexity index is 826. The molecule has 4 nitrogen and oxygen atoms in total. The number of fused-ring (bicyclic) bond motifs is 1. The number of carbonyl (C=O) groups is 1. The van der Waals surface area contributed by atoms with Gasteiger partial charge in [-0.2, -0.15) is 0 Å². The number of benzene rings is 2. The lowest BCUT2D eigenvalue weighted by atomic mass is 9.82. The maximum Gasteiger partial charge on any atom is 0.249 e. The highest BCUT2D eigenvalue weighted by atomic mass is 79.9. The maximum atomic E-state index is 13.3. The van der Waals surface area contributed by atoms with Gasteiger partial charge in [-0.15, -0.1) is 0 Å². The first-order chi connectivity index (χ1) is 12.4. The zero-order valence-corrected chi connectivity index (χ0v) is 17.3. The Labute approximate surface area is 167 Å². The van der Waals surface area contributed by atoms with Crippen LogP contribution >= 0.6 is 27.5 Å². The molecule has 1 aliphatic rings. The molecule has 3 N–H and O–H groups in total. The van der Waals surface area contributed by atoms with Crippen LogP contribution in [0.4, 0.5) is 5.69 Å². The number of hydrogen-bond acceptors (Lipinski definition) is 3. The molecular formula is C20H23BrClN3O. The van der Waals surface area contributed by atoms with Gasteiger partial charge in [0.2, 0.25) is 5.91 Å². The molecule has 0 saturated carbocycles. The van der Waals surface area contributed by atoms with E-state index in [1.54, 1.807) is 0 Å². The minimum atomic E-state index is -0.811. The Hall–Kier alpha value is -1.40. The topological polar surface area (TPSA) is 58.4 Å². The monoisotopic (exact) mass is 435 g/mol. The van der Waals surface area contributed by atoms with Crippen LogP contribution in [-0.2, 0) is 16.8 Å². The third kappa shape index (κ3) is 3.41. The fourth-order valence-electron chi connectivity index (χ4n) is 3.86. The molecule has 0 bridgehead atoms. The second-order valence-electron chi connectivity index (χ2n) is 6.89. The van der Waals surface area contributed by atoms with E-state index in [1.165, 1.54) is 0 Å². The van der Waals surface area contributed by atoms with Crippen LogP contribution in [0.2, 0.25) is 5.02 Å². The van der Waals surface area contributed by atoms with Crippen molar-refractivity contribution < 1.29 is 4.79 Å². The minimum Gasteiger partial charge on any atom is -0.329 e. The van der Waals surface area contributed by atoms with E-state index >= 15 is 0 Å². The summed E-state index contributed by atoms with van der Waals surface area (Å²) in [5, 5.41) is 3.74. The van der Waals surface area contributed by atoms with Gasteiger partial charge in [0.25, 0.3) is 0 Å². The summed E-state index contributed by atoms with van der Waals surface area (Å²) in [6, 6.07) is 13.8. The Morgan fingerprint density at radius 2 is 2.04 bits per heavy atom. The molecule has 2 aromatic rings. The van der Waals surface area contributed by atoms with E-state index in [-0.39, 0.29) is 11.9 Å². The highest BCUT2D eigenvalue weighted by molar-refractivity contribution is 9.10. The summed E-state index contributed by atoms with van der Waals surface area (Å²) >= 11 is 9.69. The largest absolute Gasteiger partial charge is 0.329 e. The first kappa shape index (κ1) is 19.4. The fourth-order valence-corrected chi connectivity index (χ4v) is 4.44. The number of carbonyl (C=O) groups excluding carboxylic acids is 1. The van der Waals surface area contributed by atoms with Crippen molar-refractivity contribution in [2.75, 3.05) is 18.4 Å². The summed E-state index contributed by atoms with van der Waals surface area (Å²) < 4.78 is 0.935. The van der Waals surface area contributed by atoms with Gasteiger partial charge in [0.05, 0.1) is 0 Å². The highest BCUT2D eigenvalue weighted by Crippen LogP contribution is 2.44. The van der Waals surface area contributed by atoms with Gasteiger partial charge >= 0.3 is 0 Å². The smallest absolute Gasteiger partial charge is 0.249 e. The molecular weight excluding hydrogens is 414 g/mol. The first-order valence-corrected chi connectivity index (χ1v) is 9.88. The van der Waals surface area contributed by atoms with Crippen molar-refractivity contribution in [3.63, 3.8) is 0 Å². The molecule has 1 aliphatic heterocycles. The molecule has 1 atom stereocenters. The van der Waals surface area contributed by atoms with Crippen LogP contribution < -0.4 is 11.1 Å². The lowest BCUT2D eigenvalue weighted by molar-refractivity contribution is -0.129. The standard InChI is InChI=1S/C20H23BrClN3O/c1-13(2)25(9-8-23)20(12-14-4-3-5-16(22)10-14)17-7-6-15(21)11-18(17)24-19(20)26/h3-7,10-11,13H,8-9,12,23H2,1-2H3,(H,24,26). The van der Waals surface area contributed by atoms with Crippen LogP contribution in [0.5, 0.6) is 0 Å². The number of nitrogens with zero attached hydrogens (tertiary/aromatic N) is 1. The van der Waals surface area contributed by atoms with E-state index in [4.69, 9.17) is 17.3 Å². The van der Waals surface area contributed by atoms with Gasteiger partial charge in [-0.1, -0.05) is 45.7 Å². The number of anilines is 1. The second-order valence-corrected chi connectivity index (χ2v) is 8.24. The number of amides is 1. The molecule has 0 radical (unpaired) electrons. The van der Waals surface area contributed by atoms with Crippen LogP contribution in [0, 0.1) is 0 Å². The number of nitrogens with two attached hydrogens (primary N) is 1. The van der Waals surface area contributed by atoms with E-state index in [0.717, 1.165) is 21.3 Å². The van der Waals surface area contributed by atoms with E-state index in [1.807, 2.05) is 42.5 Å². The van der Waals surface area contributed by atoms with E-state index in [0.29, 0.717) is 24.5 Å². The molecule has 6 heteroatoms. The number of nitrogens with one attached hydrogen (secondary N) is 1. The predicted molar refractivity (Wildman–Crippen MR) is 111 cm³/mol. The number of halogens is 2. The van der Waals surface area contributed by atoms with Crippen LogP contribution in [0.25, 0.3) is 0 Å². The molecule has 26 heavy (non-hydrogen) atoms. The summed E-state index contributed by atoms with van der Waals surface area (Å²) in [7, 11) is 0. The van der Waals surface area contributed by atoms with E-state index < -0.39 is 5.54 Å². The first-order valence-electron chi connectivity index (χ1n) is 8.71. The normalized spacial score (nSPS) is 19.1. The summed E-state index contributed by atoms with van der Waals surface area (Å²) in [5.41, 5.74) is 7.93. The molecule has 138 valence electrons. The van der Waals surface area contributed by atoms with Crippen molar-refractivity contribution in [1.29, 1.82) is 0 Å². The molecule has 0 fully saturated rings. The van der Waals surface area contributed by atoms with Crippen molar-refractivity contribution in [2.45, 2.75) is 31.8 Å². The van der Waals surface area contributed by atoms with Gasteiger partial charge in [-0.25, -0.2) is 0 Å². The number of hydrogen-bond donors (Lipinski definition) is 2. The van der Waals surface area contributed by atoms with Crippen molar-refractivity contribution in [3.8, 4) is 0 Å². The number of rotatable bonds is 6. The van der Waals surface area contributed by atoms with Gasteiger partial charge in [0.15, 0.2) is 0 Å². The zero-order chi connectivity index (χ0) is 18.9. The third-order valence-corrected chi connectivity index (χ3v) is 5.61. The fraction of sp³-hybridized carbons (Fsp3) is 0.350. The highest BCUT2D eigenvalue weighted by Gasteiger charge is 2.51. The summed E-state index contributed by atoms with van der Waals surface area (Å²) in [5.74, 6) is -0.0206. The van der Waals surface area contributed by atoms with Gasteiger partial charge in [-0.05, 0) is 43.7 Å². The summed E-state index contributed by atoms with van der Waals surface area (Å²) in [6.07, 6.45) is 0.534. The molecule has 1 amide bonds. The Morgan fingerprint density at radius 3 is 2.69 bits per heavy atom. The Kier molecular flexibility index (Phi) is 5.72. The summed E-state index contributed by atoms with van der Waals surface area (Å²) in [4.78, 5) is 15.5. The van der Waals surface area contributed by atoms with Gasteiger partial charge in [0.1, 0.15) is 5.54 Å². The SMILES string of the molecule is CC(C)N(CCN)C1(Cc2cccc(Cl)c2)C(=O)Nc2cc(Br)ccc21. The van der Waals surface area contributed by atoms with Gasteiger partial charge in [-0.3, -0.25) is 9.69 Å². The maximum absolute atomic E-state index is 13.3. The molecule has 3 rings (SSSR count). The van der Waals surface area contributed by atoms with E-state index in [2.05, 4.69) is 40.0 Å². The van der Waals surface area contributed by atoms with Crippen molar-refractivity contribution in [2.24, 2.45) is 5.73 Å². The molecule has 0 spiro atoms. The zero-order valence-electron chi connectivity index (χ0n) is 14.9. The van der Waals surface area contributed by atoms with Gasteiger partial charge in [0, 0.05) is 46.3 Å². The minimum absolute atomic E-state index is 0.0206. The average molecular weight is 437 g/mol. The van der Waals surface area contributed by atoms with Crippen LogP contribution in [0.1, 0.15) is 25.0 Å². The van der Waals surface area contributed by atoms with Crippen LogP contribution in [0.3, 0.4) is 0 Å². The molecule has 0 aliphatic carbocycles. The van der Waals surface area contributed by atoms with Crippen molar-refractivity contribution in [3.05, 3.63) is 63.1 Å². The van der Waals surface area contributed by atoms with Crippen LogP contribution in [-0.4, -0.2) is 29.9 Å². The quantitative estimate of drug-likeness (QED) is 0.715. The van der Waals surface area contributed by atoms with Gasteiger partial charge < -0.3 is 11.1 Å². The lowest BCUT2D eigenvalue weighted by Gasteiger charge is -2.42. The second kappa shape index (κ2) is 7.69. The Morgan fingerprint density at radius 1 is 1.27 bits per heavy atom. The molecule has 1 unspecified atom stereocenters. The molecule has 2 aromatic carbocycles. The molecule has 0 saturated heterocycles. The molecule has 0 aromatic heterocycles. The summed E-state index contributed by atoms with van der Waals surface area (Å²) in [6.45, 7) is 5.30. The average Bonchev–Trinajstić information content (AvgIpc) is 2.84. The van der Waals surface area contributed by atoms with Crippen molar-refractivity contribution in [1.82, 2.24) is 4.90 Å². The molecule has 1 heterocycles. The predicted octanol–water partition coefficient (Wildman–Crippen LogP) is 4.16. The van der Waals surface area contributed by atoms with Crippen LogP contribution in [0.15, 0.2) is 46.9 Å². The Balaban J connectivity index is 2.18.